The van der Waals surface area contributed by atoms with Crippen molar-refractivity contribution in [3.8, 4) is 6.07 Å². The number of carbonyl (C=O) groups is 1. The van der Waals surface area contributed by atoms with Gasteiger partial charge in [-0.2, -0.15) is 5.26 Å². The number of nitriles is 1. The number of benzene rings is 1. The van der Waals surface area contributed by atoms with Gasteiger partial charge in [-0.05, 0) is 37.6 Å². The molecule has 28 heavy (non-hydrogen) atoms. The fourth-order valence-corrected chi connectivity index (χ4v) is 3.67. The highest BCUT2D eigenvalue weighted by molar-refractivity contribution is 6.35. The zero-order valence-electron chi connectivity index (χ0n) is 15.0. The lowest BCUT2D eigenvalue weighted by molar-refractivity contribution is -0.117. The summed E-state index contributed by atoms with van der Waals surface area (Å²) in [6.07, 6.45) is 2.96. The molecule has 2 aromatic rings. The number of piperidine rings is 1. The Morgan fingerprint density at radius 1 is 1.36 bits per heavy atom. The van der Waals surface area contributed by atoms with Crippen molar-refractivity contribution >= 4 is 46.4 Å². The summed E-state index contributed by atoms with van der Waals surface area (Å²) in [6, 6.07) is 6.83. The monoisotopic (exact) mass is 419 g/mol. The molecule has 4 N–H and O–H groups in total. The number of nitrogens with two attached hydrogens (primary N) is 1. The third-order valence-electron chi connectivity index (χ3n) is 4.41. The van der Waals surface area contributed by atoms with Gasteiger partial charge in [-0.3, -0.25) is 9.69 Å². The highest BCUT2D eigenvalue weighted by Crippen LogP contribution is 2.26. The normalized spacial score (nSPS) is 16.2. The molecule has 1 aliphatic rings. The smallest absolute Gasteiger partial charge is 0.247 e. The predicted molar refractivity (Wildman–Crippen MR) is 109 cm³/mol. The predicted octanol–water partition coefficient (Wildman–Crippen LogP) is 2.43. The summed E-state index contributed by atoms with van der Waals surface area (Å²) in [7, 11) is 0. The van der Waals surface area contributed by atoms with Crippen LogP contribution < -0.4 is 21.3 Å². The lowest BCUT2D eigenvalue weighted by Crippen LogP contribution is -2.51. The van der Waals surface area contributed by atoms with E-state index in [1.807, 2.05) is 6.07 Å². The maximum Gasteiger partial charge on any atom is 0.247 e. The molecule has 1 aromatic carbocycles. The van der Waals surface area contributed by atoms with Crippen LogP contribution in [0.3, 0.4) is 0 Å². The minimum Gasteiger partial charge on any atom is -0.382 e. The number of hydrogen-bond donors (Lipinski definition) is 3. The molecule has 1 amide bonds. The highest BCUT2D eigenvalue weighted by Gasteiger charge is 2.30. The summed E-state index contributed by atoms with van der Waals surface area (Å²) >= 11 is 12.0. The summed E-state index contributed by atoms with van der Waals surface area (Å²) in [5.41, 5.74) is 6.54. The molecule has 2 heterocycles. The van der Waals surface area contributed by atoms with Gasteiger partial charge in [0.15, 0.2) is 5.82 Å². The number of rotatable bonds is 5. The Morgan fingerprint density at radius 3 is 2.75 bits per heavy atom. The van der Waals surface area contributed by atoms with Gasteiger partial charge >= 0.3 is 0 Å². The molecule has 146 valence electrons. The van der Waals surface area contributed by atoms with Gasteiger partial charge in [-0.1, -0.05) is 23.2 Å². The summed E-state index contributed by atoms with van der Waals surface area (Å²) in [5.74, 6) is 0.0164. The molecule has 10 heteroatoms. The third-order valence-corrected chi connectivity index (χ3v) is 4.84. The zero-order valence-corrected chi connectivity index (χ0v) is 16.5. The van der Waals surface area contributed by atoms with Crippen molar-refractivity contribution in [3.05, 3.63) is 40.1 Å². The van der Waals surface area contributed by atoms with Crippen LogP contribution in [0.25, 0.3) is 0 Å². The second-order valence-electron chi connectivity index (χ2n) is 6.34. The van der Waals surface area contributed by atoms with Gasteiger partial charge in [-0.25, -0.2) is 9.97 Å². The van der Waals surface area contributed by atoms with E-state index in [1.54, 1.807) is 18.2 Å². The molecule has 0 aliphatic carbocycles. The molecule has 3 rings (SSSR count). The summed E-state index contributed by atoms with van der Waals surface area (Å²) in [5, 5.41) is 16.7. The van der Waals surface area contributed by atoms with Crippen LogP contribution in [0.15, 0.2) is 24.5 Å². The lowest BCUT2D eigenvalue weighted by Gasteiger charge is -2.34. The fourth-order valence-electron chi connectivity index (χ4n) is 3.15. The first kappa shape index (κ1) is 20.1. The van der Waals surface area contributed by atoms with E-state index in [0.717, 1.165) is 19.4 Å². The second kappa shape index (κ2) is 9.06. The molecular weight excluding hydrogens is 401 g/mol. The number of nitrogens with zero attached hydrogens (tertiary/aromatic N) is 4. The average Bonchev–Trinajstić information content (AvgIpc) is 2.67. The standard InChI is InChI=1S/C18H19Cl2N7O/c19-11-4-12(20)6-13(5-11)24-9-16(28)27(14-2-1-3-23-8-14)18-15(7-21)17(22)25-10-26-18/h4-6,10,14,23-24H,1-3,8-9H2,(H2,22,25,26). The molecule has 8 nitrogen and oxygen atoms in total. The molecule has 0 radical (unpaired) electrons. The van der Waals surface area contributed by atoms with Crippen molar-refractivity contribution in [2.24, 2.45) is 0 Å². The highest BCUT2D eigenvalue weighted by atomic mass is 35.5. The molecule has 1 atom stereocenters. The van der Waals surface area contributed by atoms with E-state index in [9.17, 15) is 10.1 Å². The minimum atomic E-state index is -0.251. The van der Waals surface area contributed by atoms with Crippen molar-refractivity contribution in [2.45, 2.75) is 18.9 Å². The van der Waals surface area contributed by atoms with Gasteiger partial charge in [-0.15, -0.1) is 0 Å². The molecule has 0 saturated carbocycles. The first-order chi connectivity index (χ1) is 13.5. The van der Waals surface area contributed by atoms with Crippen LogP contribution in [-0.4, -0.2) is 41.6 Å². The number of carbonyl (C=O) groups excluding carboxylic acids is 1. The van der Waals surface area contributed by atoms with E-state index in [0.29, 0.717) is 22.3 Å². The van der Waals surface area contributed by atoms with Crippen molar-refractivity contribution in [1.29, 1.82) is 5.26 Å². The summed E-state index contributed by atoms with van der Waals surface area (Å²) < 4.78 is 0. The third kappa shape index (κ3) is 4.62. The van der Waals surface area contributed by atoms with Crippen molar-refractivity contribution in [2.75, 3.05) is 35.6 Å². The molecule has 1 fully saturated rings. The Labute approximate surface area is 172 Å². The molecule has 1 aromatic heterocycles. The van der Waals surface area contributed by atoms with Gasteiger partial charge in [0.05, 0.1) is 12.6 Å². The molecule has 1 aliphatic heterocycles. The zero-order chi connectivity index (χ0) is 20.1. The number of halogens is 2. The van der Waals surface area contributed by atoms with E-state index < -0.39 is 0 Å². The molecular formula is C18H19Cl2N7O. The van der Waals surface area contributed by atoms with E-state index in [-0.39, 0.29) is 35.7 Å². The number of hydrogen-bond acceptors (Lipinski definition) is 7. The first-order valence-electron chi connectivity index (χ1n) is 8.73. The van der Waals surface area contributed by atoms with Gasteiger partial charge < -0.3 is 16.4 Å². The summed E-state index contributed by atoms with van der Waals surface area (Å²) in [6.45, 7) is 1.46. The average molecular weight is 420 g/mol. The Morgan fingerprint density at radius 2 is 2.11 bits per heavy atom. The Kier molecular flexibility index (Phi) is 6.52. The Hall–Kier alpha value is -2.60. The Bertz CT molecular complexity index is 889. The van der Waals surface area contributed by atoms with Gasteiger partial charge in [0, 0.05) is 22.3 Å². The SMILES string of the molecule is N#Cc1c(N)ncnc1N(C(=O)CNc1cc(Cl)cc(Cl)c1)C1CCCNC1. The molecule has 1 unspecified atom stereocenters. The van der Waals surface area contributed by atoms with Gasteiger partial charge in [0.25, 0.3) is 0 Å². The van der Waals surface area contributed by atoms with Crippen LogP contribution in [0.1, 0.15) is 18.4 Å². The second-order valence-corrected chi connectivity index (χ2v) is 7.22. The molecule has 0 bridgehead atoms. The van der Waals surface area contributed by atoms with Gasteiger partial charge in [0.1, 0.15) is 23.8 Å². The molecule has 0 spiro atoms. The van der Waals surface area contributed by atoms with E-state index >= 15 is 0 Å². The van der Waals surface area contributed by atoms with Crippen LogP contribution in [0, 0.1) is 11.3 Å². The van der Waals surface area contributed by atoms with Crippen LogP contribution >= 0.6 is 23.2 Å². The Balaban J connectivity index is 1.87. The van der Waals surface area contributed by atoms with Crippen molar-refractivity contribution in [3.63, 3.8) is 0 Å². The maximum atomic E-state index is 13.1. The lowest BCUT2D eigenvalue weighted by atomic mass is 10.0. The number of anilines is 3. The van der Waals surface area contributed by atoms with Crippen LogP contribution in [0.2, 0.25) is 10.0 Å². The minimum absolute atomic E-state index is 0.0258. The van der Waals surface area contributed by atoms with E-state index in [4.69, 9.17) is 28.9 Å². The van der Waals surface area contributed by atoms with Crippen molar-refractivity contribution in [1.82, 2.24) is 15.3 Å². The van der Waals surface area contributed by atoms with Crippen LogP contribution in [0.4, 0.5) is 17.3 Å². The van der Waals surface area contributed by atoms with Crippen LogP contribution in [0.5, 0.6) is 0 Å². The van der Waals surface area contributed by atoms with Gasteiger partial charge in [0.2, 0.25) is 5.91 Å². The first-order valence-corrected chi connectivity index (χ1v) is 9.48. The summed E-state index contributed by atoms with van der Waals surface area (Å²) in [4.78, 5) is 22.7. The van der Waals surface area contributed by atoms with E-state index in [1.165, 1.54) is 11.2 Å². The quantitative estimate of drug-likeness (QED) is 0.680. The fraction of sp³-hybridized carbons (Fsp3) is 0.333. The van der Waals surface area contributed by atoms with Crippen LogP contribution in [-0.2, 0) is 4.79 Å². The number of aromatic nitrogens is 2. The largest absolute Gasteiger partial charge is 0.382 e. The van der Waals surface area contributed by atoms with Crippen molar-refractivity contribution < 1.29 is 4.79 Å². The maximum absolute atomic E-state index is 13.1. The molecule has 1 saturated heterocycles. The number of amides is 1. The number of nitrogens with one attached hydrogen (secondary N) is 2. The van der Waals surface area contributed by atoms with E-state index in [2.05, 4.69) is 20.6 Å². The topological polar surface area (TPSA) is 120 Å². The number of nitrogen functional groups attached to an aromatic ring is 1.